The molecule has 0 saturated carbocycles. The summed E-state index contributed by atoms with van der Waals surface area (Å²) in [7, 11) is 2.27. The number of nitrogens with one attached hydrogen (secondary N) is 1. The number of nitrogens with zero attached hydrogens (tertiary/aromatic N) is 2. The lowest BCUT2D eigenvalue weighted by atomic mass is 9.98. The van der Waals surface area contributed by atoms with Crippen LogP contribution in [0.5, 0.6) is 0 Å². The lowest BCUT2D eigenvalue weighted by Gasteiger charge is -2.35. The van der Waals surface area contributed by atoms with Crippen LogP contribution < -0.4 is 5.32 Å². The first-order chi connectivity index (χ1) is 10.7. The fourth-order valence-electron chi connectivity index (χ4n) is 4.11. The average Bonchev–Trinajstić information content (AvgIpc) is 2.88. The van der Waals surface area contributed by atoms with E-state index < -0.39 is 0 Å². The molecule has 0 radical (unpaired) electrons. The van der Waals surface area contributed by atoms with E-state index in [4.69, 9.17) is 0 Å². The van der Waals surface area contributed by atoms with Crippen LogP contribution in [0, 0.1) is 0 Å². The van der Waals surface area contributed by atoms with E-state index in [2.05, 4.69) is 56.4 Å². The van der Waals surface area contributed by atoms with Crippen molar-refractivity contribution in [3.8, 4) is 0 Å². The van der Waals surface area contributed by atoms with Crippen molar-refractivity contribution in [1.82, 2.24) is 15.2 Å². The third-order valence-electron chi connectivity index (χ3n) is 5.29. The molecule has 0 amide bonds. The number of benzene rings is 1. The van der Waals surface area contributed by atoms with E-state index in [1.54, 1.807) is 0 Å². The summed E-state index contributed by atoms with van der Waals surface area (Å²) in [5, 5.41) is 4.94. The molecule has 1 aromatic carbocycles. The molecule has 2 atom stereocenters. The number of aromatic nitrogens is 1. The molecule has 2 aromatic rings. The Bertz CT molecular complexity index is 681. The Kier molecular flexibility index (Phi) is 5.26. The van der Waals surface area contributed by atoms with E-state index in [1.807, 2.05) is 12.3 Å². The van der Waals surface area contributed by atoms with Gasteiger partial charge in [0, 0.05) is 40.7 Å². The van der Waals surface area contributed by atoms with Crippen LogP contribution in [-0.2, 0) is 6.54 Å². The van der Waals surface area contributed by atoms with Crippen molar-refractivity contribution in [2.75, 3.05) is 7.05 Å². The first-order valence-corrected chi connectivity index (χ1v) is 8.98. The van der Waals surface area contributed by atoms with Gasteiger partial charge in [0.1, 0.15) is 0 Å². The van der Waals surface area contributed by atoms with Gasteiger partial charge in [0.05, 0.1) is 5.52 Å². The minimum atomic E-state index is 0. The summed E-state index contributed by atoms with van der Waals surface area (Å²) in [4.78, 5) is 7.14. The van der Waals surface area contributed by atoms with Crippen molar-refractivity contribution >= 4 is 39.2 Å². The van der Waals surface area contributed by atoms with Gasteiger partial charge in [-0.25, -0.2) is 0 Å². The largest absolute Gasteiger partial charge is 0.311 e. The third kappa shape index (κ3) is 3.41. The molecule has 0 spiro atoms. The van der Waals surface area contributed by atoms with Crippen molar-refractivity contribution in [2.24, 2.45) is 0 Å². The molecule has 1 aromatic heterocycles. The maximum atomic E-state index is 4.61. The molecule has 2 saturated heterocycles. The van der Waals surface area contributed by atoms with Crippen LogP contribution in [0.4, 0.5) is 0 Å². The molecule has 2 fully saturated rings. The van der Waals surface area contributed by atoms with E-state index in [0.717, 1.165) is 28.6 Å². The number of hydrogen-bond donors (Lipinski definition) is 1. The van der Waals surface area contributed by atoms with E-state index in [9.17, 15) is 0 Å². The second-order valence-electron chi connectivity index (χ2n) is 6.78. The fourth-order valence-corrected chi connectivity index (χ4v) is 4.56. The SMILES string of the molecule is CN(Cc1ccc(Br)c2cccnc12)C1CC2CCC(C1)N2.Cl. The molecule has 2 bridgehead atoms. The number of halogens is 2. The molecule has 3 nitrogen and oxygen atoms in total. The third-order valence-corrected chi connectivity index (χ3v) is 5.98. The number of rotatable bonds is 3. The maximum Gasteiger partial charge on any atom is 0.0758 e. The van der Waals surface area contributed by atoms with Gasteiger partial charge in [-0.05, 0) is 50.4 Å². The fraction of sp³-hybridized carbons (Fsp3) is 0.500. The predicted molar refractivity (Wildman–Crippen MR) is 101 cm³/mol. The van der Waals surface area contributed by atoms with E-state index in [1.165, 1.54) is 36.6 Å². The van der Waals surface area contributed by atoms with Crippen molar-refractivity contribution in [2.45, 2.75) is 50.4 Å². The van der Waals surface area contributed by atoms with Gasteiger partial charge in [0.25, 0.3) is 0 Å². The molecule has 5 heteroatoms. The van der Waals surface area contributed by atoms with Crippen LogP contribution in [-0.4, -0.2) is 35.1 Å². The summed E-state index contributed by atoms with van der Waals surface area (Å²) in [6.07, 6.45) is 7.18. The highest BCUT2D eigenvalue weighted by atomic mass is 79.9. The first kappa shape index (κ1) is 17.2. The second kappa shape index (κ2) is 7.06. The summed E-state index contributed by atoms with van der Waals surface area (Å²) in [6.45, 7) is 0.977. The highest BCUT2D eigenvalue weighted by Gasteiger charge is 2.35. The molecule has 3 heterocycles. The molecule has 1 N–H and O–H groups in total. The molecule has 23 heavy (non-hydrogen) atoms. The highest BCUT2D eigenvalue weighted by molar-refractivity contribution is 9.10. The molecule has 2 unspecified atom stereocenters. The lowest BCUT2D eigenvalue weighted by molar-refractivity contribution is 0.166. The Labute approximate surface area is 152 Å². The summed E-state index contributed by atoms with van der Waals surface area (Å²) in [5.41, 5.74) is 2.45. The number of fused-ring (bicyclic) bond motifs is 3. The van der Waals surface area contributed by atoms with Crippen molar-refractivity contribution in [1.29, 1.82) is 0 Å². The lowest BCUT2D eigenvalue weighted by Crippen LogP contribution is -2.46. The summed E-state index contributed by atoms with van der Waals surface area (Å²) in [6, 6.07) is 10.7. The molecule has 0 aliphatic carbocycles. The van der Waals surface area contributed by atoms with Gasteiger partial charge in [0.15, 0.2) is 0 Å². The van der Waals surface area contributed by atoms with Crippen LogP contribution in [0.2, 0.25) is 0 Å². The zero-order valence-corrected chi connectivity index (χ0v) is 15.7. The summed E-state index contributed by atoms with van der Waals surface area (Å²) in [5.74, 6) is 0. The topological polar surface area (TPSA) is 28.2 Å². The maximum absolute atomic E-state index is 4.61. The molecule has 4 rings (SSSR count). The van der Waals surface area contributed by atoms with Gasteiger partial charge in [0.2, 0.25) is 0 Å². The Morgan fingerprint density at radius 2 is 1.96 bits per heavy atom. The van der Waals surface area contributed by atoms with Gasteiger partial charge in [-0.3, -0.25) is 9.88 Å². The van der Waals surface area contributed by atoms with Crippen molar-refractivity contribution < 1.29 is 0 Å². The van der Waals surface area contributed by atoms with E-state index >= 15 is 0 Å². The van der Waals surface area contributed by atoms with E-state index in [-0.39, 0.29) is 12.4 Å². The monoisotopic (exact) mass is 395 g/mol. The second-order valence-corrected chi connectivity index (χ2v) is 7.64. The molecular formula is C18H23BrClN3. The minimum absolute atomic E-state index is 0. The average molecular weight is 397 g/mol. The Balaban J connectivity index is 0.00000156. The Morgan fingerprint density at radius 3 is 2.70 bits per heavy atom. The Hall–Kier alpha value is -0.680. The number of hydrogen-bond acceptors (Lipinski definition) is 3. The molecule has 124 valence electrons. The summed E-state index contributed by atoms with van der Waals surface area (Å²) >= 11 is 3.64. The zero-order chi connectivity index (χ0) is 15.1. The normalized spacial score (nSPS) is 26.5. The first-order valence-electron chi connectivity index (χ1n) is 8.19. The Morgan fingerprint density at radius 1 is 1.22 bits per heavy atom. The van der Waals surface area contributed by atoms with E-state index in [0.29, 0.717) is 6.04 Å². The predicted octanol–water partition coefficient (Wildman–Crippen LogP) is 4.13. The smallest absolute Gasteiger partial charge is 0.0758 e. The molecule has 2 aliphatic rings. The van der Waals surface area contributed by atoms with Crippen LogP contribution >= 0.6 is 28.3 Å². The van der Waals surface area contributed by atoms with Crippen LogP contribution in [0.15, 0.2) is 34.9 Å². The minimum Gasteiger partial charge on any atom is -0.311 e. The van der Waals surface area contributed by atoms with Gasteiger partial charge >= 0.3 is 0 Å². The quantitative estimate of drug-likeness (QED) is 0.845. The van der Waals surface area contributed by atoms with Crippen LogP contribution in [0.25, 0.3) is 10.9 Å². The number of piperidine rings is 1. The van der Waals surface area contributed by atoms with Crippen molar-refractivity contribution in [3.63, 3.8) is 0 Å². The molecule has 2 aliphatic heterocycles. The standard InChI is InChI=1S/C18H22BrN3.ClH/c1-22(15-9-13-5-6-14(10-15)21-13)11-12-4-7-17(19)16-3-2-8-20-18(12)16;/h2-4,7-8,13-15,21H,5-6,9-11H2,1H3;1H. The van der Waals surface area contributed by atoms with Gasteiger partial charge < -0.3 is 5.32 Å². The van der Waals surface area contributed by atoms with Gasteiger partial charge in [-0.2, -0.15) is 0 Å². The van der Waals surface area contributed by atoms with Crippen molar-refractivity contribution in [3.05, 3.63) is 40.5 Å². The zero-order valence-electron chi connectivity index (χ0n) is 13.3. The van der Waals surface area contributed by atoms with Gasteiger partial charge in [-0.15, -0.1) is 12.4 Å². The van der Waals surface area contributed by atoms with Crippen LogP contribution in [0.1, 0.15) is 31.2 Å². The summed E-state index contributed by atoms with van der Waals surface area (Å²) < 4.78 is 1.13. The highest BCUT2D eigenvalue weighted by Crippen LogP contribution is 2.31. The molecular weight excluding hydrogens is 374 g/mol. The van der Waals surface area contributed by atoms with Gasteiger partial charge in [-0.1, -0.05) is 28.1 Å². The number of pyridine rings is 1. The van der Waals surface area contributed by atoms with Crippen LogP contribution in [0.3, 0.4) is 0 Å².